The zero-order chi connectivity index (χ0) is 17.2. The molecule has 0 bridgehead atoms. The number of hydrogen-bond acceptors (Lipinski definition) is 3. The molecule has 1 aliphatic rings. The fraction of sp³-hybridized carbons (Fsp3) is 0.0476. The normalized spacial score (nSPS) is 14.5. The zero-order valence-electron chi connectivity index (χ0n) is 14.0. The fourth-order valence-electron chi connectivity index (χ4n) is 2.96. The Morgan fingerprint density at radius 2 is 2.00 bits per heavy atom. The smallest absolute Gasteiger partial charge is 0.138 e. The molecule has 1 N–H and O–H groups in total. The number of aromatic nitrogens is 2. The Kier molecular flexibility index (Phi) is 3.78. The lowest BCUT2D eigenvalue weighted by atomic mass is 10.0. The highest BCUT2D eigenvalue weighted by atomic mass is 15.4. The van der Waals surface area contributed by atoms with Crippen LogP contribution in [0.15, 0.2) is 84.4 Å². The van der Waals surface area contributed by atoms with E-state index in [0.29, 0.717) is 0 Å². The second-order valence-corrected chi connectivity index (χ2v) is 5.79. The molecule has 122 valence electrons. The number of hydrazone groups is 1. The largest absolute Gasteiger partial charge is 0.345 e. The van der Waals surface area contributed by atoms with E-state index in [0.717, 1.165) is 39.1 Å². The standard InChI is InChI=1S/C21H18N4/c1-3-23-25-12-11-17(13-15(25)2)19-14-22-21-18(19)9-10-20(24-21)16-7-5-4-6-8-16/h3-14H,2H2,1H3,(H,22,24)/b23-3-. The van der Waals surface area contributed by atoms with Gasteiger partial charge in [-0.2, -0.15) is 5.10 Å². The quantitative estimate of drug-likeness (QED) is 0.691. The third kappa shape index (κ3) is 2.78. The van der Waals surface area contributed by atoms with Crippen LogP contribution in [0.25, 0.3) is 27.9 Å². The van der Waals surface area contributed by atoms with Gasteiger partial charge < -0.3 is 4.98 Å². The van der Waals surface area contributed by atoms with Gasteiger partial charge in [-0.05, 0) is 36.8 Å². The topological polar surface area (TPSA) is 44.3 Å². The number of H-pyrrole nitrogens is 1. The van der Waals surface area contributed by atoms with E-state index in [4.69, 9.17) is 4.98 Å². The van der Waals surface area contributed by atoms with Crippen molar-refractivity contribution in [3.8, 4) is 11.3 Å². The molecule has 0 saturated heterocycles. The van der Waals surface area contributed by atoms with Crippen LogP contribution in [-0.4, -0.2) is 21.2 Å². The Balaban J connectivity index is 1.72. The summed E-state index contributed by atoms with van der Waals surface area (Å²) in [6.07, 6.45) is 9.72. The molecular formula is C21H18N4. The molecule has 1 aliphatic heterocycles. The van der Waals surface area contributed by atoms with Crippen molar-refractivity contribution in [2.45, 2.75) is 6.92 Å². The van der Waals surface area contributed by atoms with Crippen molar-refractivity contribution in [1.29, 1.82) is 0 Å². The van der Waals surface area contributed by atoms with E-state index in [1.165, 1.54) is 0 Å². The Bertz CT molecular complexity index is 1020. The predicted molar refractivity (Wildman–Crippen MR) is 104 cm³/mol. The number of aromatic amines is 1. The van der Waals surface area contributed by atoms with Gasteiger partial charge in [0.25, 0.3) is 0 Å². The number of hydrogen-bond donors (Lipinski definition) is 1. The van der Waals surface area contributed by atoms with Crippen LogP contribution >= 0.6 is 0 Å². The van der Waals surface area contributed by atoms with Gasteiger partial charge in [0.15, 0.2) is 0 Å². The predicted octanol–water partition coefficient (Wildman–Crippen LogP) is 4.96. The van der Waals surface area contributed by atoms with E-state index in [1.807, 2.05) is 49.7 Å². The average molecular weight is 326 g/mol. The molecule has 4 heteroatoms. The first-order valence-electron chi connectivity index (χ1n) is 8.17. The van der Waals surface area contributed by atoms with Gasteiger partial charge in [0.05, 0.1) is 11.4 Å². The molecule has 3 heterocycles. The minimum absolute atomic E-state index is 0.832. The monoisotopic (exact) mass is 326 g/mol. The van der Waals surface area contributed by atoms with Crippen LogP contribution in [0.3, 0.4) is 0 Å². The Labute approximate surface area is 146 Å². The SMILES string of the molecule is C=C1C=C(c2c[nH]c3nc(-c4ccccc4)ccc23)C=CN1/N=C\C. The molecule has 4 rings (SSSR count). The number of nitrogens with one attached hydrogen (secondary N) is 1. The first-order valence-corrected chi connectivity index (χ1v) is 8.17. The van der Waals surface area contributed by atoms with Crippen LogP contribution in [0.2, 0.25) is 0 Å². The number of fused-ring (bicyclic) bond motifs is 1. The zero-order valence-corrected chi connectivity index (χ0v) is 14.0. The third-order valence-corrected chi connectivity index (χ3v) is 4.17. The third-order valence-electron chi connectivity index (χ3n) is 4.17. The maximum atomic E-state index is 4.76. The summed E-state index contributed by atoms with van der Waals surface area (Å²) in [5.74, 6) is 0. The second-order valence-electron chi connectivity index (χ2n) is 5.79. The Hall–Kier alpha value is -3.40. The minimum atomic E-state index is 0.832. The van der Waals surface area contributed by atoms with Crippen molar-refractivity contribution >= 4 is 22.8 Å². The molecule has 25 heavy (non-hydrogen) atoms. The van der Waals surface area contributed by atoms with Crippen LogP contribution in [-0.2, 0) is 0 Å². The molecule has 0 aliphatic carbocycles. The lowest BCUT2D eigenvalue weighted by Gasteiger charge is -2.19. The summed E-state index contributed by atoms with van der Waals surface area (Å²) in [4.78, 5) is 8.05. The fourth-order valence-corrected chi connectivity index (χ4v) is 2.96. The van der Waals surface area contributed by atoms with Crippen LogP contribution in [0.5, 0.6) is 0 Å². The van der Waals surface area contributed by atoms with Crippen molar-refractivity contribution in [2.75, 3.05) is 0 Å². The summed E-state index contributed by atoms with van der Waals surface area (Å²) in [7, 11) is 0. The molecule has 0 amide bonds. The molecule has 2 aromatic heterocycles. The first kappa shape index (κ1) is 15.1. The van der Waals surface area contributed by atoms with Gasteiger partial charge in [-0.1, -0.05) is 36.9 Å². The van der Waals surface area contributed by atoms with Crippen molar-refractivity contribution < 1.29 is 0 Å². The first-order chi connectivity index (χ1) is 12.3. The number of benzene rings is 1. The highest BCUT2D eigenvalue weighted by Crippen LogP contribution is 2.30. The van der Waals surface area contributed by atoms with Gasteiger partial charge in [-0.15, -0.1) is 0 Å². The molecule has 0 radical (unpaired) electrons. The van der Waals surface area contributed by atoms with Crippen LogP contribution in [0.4, 0.5) is 0 Å². The summed E-state index contributed by atoms with van der Waals surface area (Å²) in [5, 5.41) is 7.09. The van der Waals surface area contributed by atoms with Gasteiger partial charge in [0.1, 0.15) is 5.65 Å². The maximum absolute atomic E-state index is 4.76. The number of rotatable bonds is 3. The van der Waals surface area contributed by atoms with Crippen LogP contribution in [0.1, 0.15) is 12.5 Å². The molecule has 0 saturated carbocycles. The molecule has 0 spiro atoms. The lowest BCUT2D eigenvalue weighted by Crippen LogP contribution is -2.10. The van der Waals surface area contributed by atoms with E-state index in [1.54, 1.807) is 11.2 Å². The van der Waals surface area contributed by atoms with Gasteiger partial charge in [0.2, 0.25) is 0 Å². The number of allylic oxidation sites excluding steroid dienone is 3. The van der Waals surface area contributed by atoms with Crippen LogP contribution < -0.4 is 0 Å². The van der Waals surface area contributed by atoms with Crippen molar-refractivity contribution in [3.05, 3.63) is 84.9 Å². The van der Waals surface area contributed by atoms with E-state index in [9.17, 15) is 0 Å². The van der Waals surface area contributed by atoms with Gasteiger partial charge in [-0.3, -0.25) is 0 Å². The lowest BCUT2D eigenvalue weighted by molar-refractivity contribution is 0.516. The summed E-state index contributed by atoms with van der Waals surface area (Å²) in [6.45, 7) is 5.95. The number of nitrogens with zero attached hydrogens (tertiary/aromatic N) is 3. The maximum Gasteiger partial charge on any atom is 0.138 e. The highest BCUT2D eigenvalue weighted by Gasteiger charge is 2.13. The average Bonchev–Trinajstić information content (AvgIpc) is 3.07. The van der Waals surface area contributed by atoms with Gasteiger partial charge in [-0.25, -0.2) is 9.99 Å². The van der Waals surface area contributed by atoms with E-state index < -0.39 is 0 Å². The Morgan fingerprint density at radius 3 is 2.76 bits per heavy atom. The molecular weight excluding hydrogens is 308 g/mol. The molecule has 1 aromatic carbocycles. The van der Waals surface area contributed by atoms with E-state index in [-0.39, 0.29) is 0 Å². The summed E-state index contributed by atoms with van der Waals surface area (Å²) in [6, 6.07) is 14.4. The van der Waals surface area contributed by atoms with Crippen molar-refractivity contribution in [1.82, 2.24) is 15.0 Å². The minimum Gasteiger partial charge on any atom is -0.345 e. The van der Waals surface area contributed by atoms with Crippen LogP contribution in [0, 0.1) is 0 Å². The second kappa shape index (κ2) is 6.24. The Morgan fingerprint density at radius 1 is 1.16 bits per heavy atom. The van der Waals surface area contributed by atoms with Crippen molar-refractivity contribution in [2.24, 2.45) is 5.10 Å². The molecule has 0 unspecified atom stereocenters. The molecule has 0 fully saturated rings. The van der Waals surface area contributed by atoms with Gasteiger partial charge in [0, 0.05) is 35.1 Å². The van der Waals surface area contributed by atoms with Gasteiger partial charge >= 0.3 is 0 Å². The van der Waals surface area contributed by atoms with E-state index >= 15 is 0 Å². The number of pyridine rings is 1. The summed E-state index contributed by atoms with van der Waals surface area (Å²) < 4.78 is 0. The van der Waals surface area contributed by atoms with E-state index in [2.05, 4.69) is 40.9 Å². The summed E-state index contributed by atoms with van der Waals surface area (Å²) >= 11 is 0. The van der Waals surface area contributed by atoms with Crippen molar-refractivity contribution in [3.63, 3.8) is 0 Å². The summed E-state index contributed by atoms with van der Waals surface area (Å²) in [5.41, 5.74) is 5.98. The molecule has 3 aromatic rings. The highest BCUT2D eigenvalue weighted by molar-refractivity contribution is 5.95. The molecule has 4 nitrogen and oxygen atoms in total. The molecule has 0 atom stereocenters.